The van der Waals surface area contributed by atoms with Gasteiger partial charge in [-0.3, -0.25) is 0 Å². The summed E-state index contributed by atoms with van der Waals surface area (Å²) in [6, 6.07) is 0. The predicted molar refractivity (Wildman–Crippen MR) is 31.5 cm³/mol. The van der Waals surface area contributed by atoms with Crippen molar-refractivity contribution < 1.29 is 9.64 Å². The molecule has 0 aliphatic carbocycles. The second-order valence-electron chi connectivity index (χ2n) is 2.35. The fourth-order valence-electron chi connectivity index (χ4n) is 1.09. The van der Waals surface area contributed by atoms with Gasteiger partial charge in [-0.2, -0.15) is 7.05 Å². The summed E-state index contributed by atoms with van der Waals surface area (Å²) in [6.45, 7) is 2.25. The van der Waals surface area contributed by atoms with Gasteiger partial charge in [-0.1, -0.05) is 0 Å². The van der Waals surface area contributed by atoms with E-state index in [0.29, 0.717) is 6.10 Å². The Balaban J connectivity index is 2.22. The average molecular weight is 115 g/mol. The number of hydrogen-bond acceptors (Lipinski definition) is 1. The van der Waals surface area contributed by atoms with E-state index in [4.69, 9.17) is 4.74 Å². The summed E-state index contributed by atoms with van der Waals surface area (Å²) in [4.78, 5) is 1.34. The van der Waals surface area contributed by atoms with Crippen LogP contribution in [0.4, 0.5) is 0 Å². The minimum Gasteiger partial charge on any atom is -0.466 e. The van der Waals surface area contributed by atoms with Crippen molar-refractivity contribution in [2.45, 2.75) is 12.5 Å². The van der Waals surface area contributed by atoms with Gasteiger partial charge < -0.3 is 9.64 Å². The van der Waals surface area contributed by atoms with Crippen molar-refractivity contribution in [2.75, 3.05) is 20.2 Å². The molecule has 1 aliphatic rings. The summed E-state index contributed by atoms with van der Waals surface area (Å²) >= 11 is 0. The van der Waals surface area contributed by atoms with Crippen LogP contribution in [0.2, 0.25) is 0 Å². The summed E-state index contributed by atoms with van der Waals surface area (Å²) in [5, 5.41) is 0. The lowest BCUT2D eigenvalue weighted by Gasteiger charge is -2.11. The van der Waals surface area contributed by atoms with E-state index in [1.807, 2.05) is 0 Å². The number of ether oxygens (including phenoxy) is 1. The molecule has 1 aliphatic heterocycles. The monoisotopic (exact) mass is 115 g/mol. The van der Waals surface area contributed by atoms with E-state index in [2.05, 4.69) is 7.05 Å². The predicted octanol–water partition coefficient (Wildman–Crippen LogP) is -0.918. The van der Waals surface area contributed by atoms with Crippen LogP contribution in [0.25, 0.3) is 0 Å². The number of hydrogen-bond donors (Lipinski definition) is 1. The van der Waals surface area contributed by atoms with Crippen molar-refractivity contribution in [1.29, 1.82) is 0 Å². The van der Waals surface area contributed by atoms with E-state index in [1.54, 1.807) is 7.11 Å². The quantitative estimate of drug-likeness (QED) is 0.436. The second kappa shape index (κ2) is 2.46. The molecular weight excluding hydrogens is 102 g/mol. The number of nitrogens with one attached hydrogen (secondary N) is 1. The first-order valence-corrected chi connectivity index (χ1v) is 3.02. The molecule has 0 bridgehead atoms. The van der Waals surface area contributed by atoms with E-state index in [1.165, 1.54) is 17.9 Å². The first kappa shape index (κ1) is 6.05. The third-order valence-electron chi connectivity index (χ3n) is 1.67. The molecule has 1 rings (SSSR count). The van der Waals surface area contributed by atoms with Crippen molar-refractivity contribution in [2.24, 2.45) is 0 Å². The van der Waals surface area contributed by atoms with Gasteiger partial charge in [0.2, 0.25) is 0 Å². The summed E-state index contributed by atoms with van der Waals surface area (Å²) in [5.74, 6) is 0. The molecule has 0 saturated carbocycles. The van der Waals surface area contributed by atoms with Crippen LogP contribution < -0.4 is 4.90 Å². The molecule has 0 aromatic heterocycles. The van der Waals surface area contributed by atoms with Crippen LogP contribution in [0, 0.1) is 7.05 Å². The van der Waals surface area contributed by atoms with Gasteiger partial charge in [-0.15, -0.1) is 0 Å². The normalized spacial score (nSPS) is 38.2. The van der Waals surface area contributed by atoms with E-state index in [9.17, 15) is 0 Å². The largest absolute Gasteiger partial charge is 0.466 e. The molecule has 0 radical (unpaired) electrons. The molecule has 2 atom stereocenters. The zero-order valence-electron chi connectivity index (χ0n) is 5.31. The van der Waals surface area contributed by atoms with Crippen molar-refractivity contribution in [3.05, 3.63) is 7.05 Å². The van der Waals surface area contributed by atoms with Crippen molar-refractivity contribution in [1.82, 2.24) is 0 Å². The van der Waals surface area contributed by atoms with Gasteiger partial charge >= 0.3 is 0 Å². The van der Waals surface area contributed by atoms with Crippen molar-refractivity contribution in [3.8, 4) is 0 Å². The number of rotatable bonds is 1. The molecular formula is C6H13NO. The molecule has 1 N–H and O–H groups in total. The smallest absolute Gasteiger partial charge is 0.109 e. The van der Waals surface area contributed by atoms with Gasteiger partial charge in [-0.05, 0) is 0 Å². The van der Waals surface area contributed by atoms with E-state index in [-0.39, 0.29) is 0 Å². The Morgan fingerprint density at radius 3 is 2.75 bits per heavy atom. The molecule has 2 nitrogen and oxygen atoms in total. The fraction of sp³-hybridized carbons (Fsp3) is 0.833. The molecule has 1 heterocycles. The van der Waals surface area contributed by atoms with Crippen molar-refractivity contribution >= 4 is 0 Å². The maximum Gasteiger partial charge on any atom is 0.109 e. The van der Waals surface area contributed by atoms with Crippen LogP contribution in [0.5, 0.6) is 0 Å². The first-order chi connectivity index (χ1) is 3.83. The van der Waals surface area contributed by atoms with E-state index < -0.39 is 0 Å². The summed E-state index contributed by atoms with van der Waals surface area (Å²) in [6.07, 6.45) is 1.65. The van der Waals surface area contributed by atoms with Crippen molar-refractivity contribution in [3.63, 3.8) is 0 Å². The maximum atomic E-state index is 5.12. The molecule has 8 heavy (non-hydrogen) atoms. The van der Waals surface area contributed by atoms with Crippen LogP contribution >= 0.6 is 0 Å². The number of quaternary nitrogens is 1. The van der Waals surface area contributed by atoms with Gasteiger partial charge in [0, 0.05) is 13.5 Å². The maximum absolute atomic E-state index is 5.12. The van der Waals surface area contributed by atoms with Gasteiger partial charge in [0.25, 0.3) is 0 Å². The van der Waals surface area contributed by atoms with Gasteiger partial charge in [-0.25, -0.2) is 0 Å². The second-order valence-corrected chi connectivity index (χ2v) is 2.35. The topological polar surface area (TPSA) is 13.7 Å². The Hall–Kier alpha value is -0.0800. The van der Waals surface area contributed by atoms with Gasteiger partial charge in [0.15, 0.2) is 0 Å². The highest BCUT2D eigenvalue weighted by molar-refractivity contribution is 4.59. The lowest BCUT2D eigenvalue weighted by atomic mass is 10.3. The number of methoxy groups -OCH3 is 1. The van der Waals surface area contributed by atoms with Crippen LogP contribution in [-0.2, 0) is 4.74 Å². The van der Waals surface area contributed by atoms with Gasteiger partial charge in [0.05, 0.1) is 13.1 Å². The molecule has 1 saturated heterocycles. The zero-order chi connectivity index (χ0) is 5.98. The van der Waals surface area contributed by atoms with E-state index in [0.717, 1.165) is 6.54 Å². The highest BCUT2D eigenvalue weighted by Gasteiger charge is 2.18. The van der Waals surface area contributed by atoms with Crippen LogP contribution in [0.3, 0.4) is 0 Å². The average Bonchev–Trinajstić information content (AvgIpc) is 2.14. The van der Waals surface area contributed by atoms with Crippen LogP contribution in [0.15, 0.2) is 0 Å². The fourth-order valence-corrected chi connectivity index (χ4v) is 1.09. The summed E-state index contributed by atoms with van der Waals surface area (Å²) < 4.78 is 5.12. The lowest BCUT2D eigenvalue weighted by molar-refractivity contribution is -0.841. The summed E-state index contributed by atoms with van der Waals surface area (Å²) in [7, 11) is 5.64. The Morgan fingerprint density at radius 2 is 2.50 bits per heavy atom. The first-order valence-electron chi connectivity index (χ1n) is 3.02. The molecule has 1 unspecified atom stereocenters. The van der Waals surface area contributed by atoms with Crippen LogP contribution in [-0.4, -0.2) is 26.3 Å². The van der Waals surface area contributed by atoms with E-state index >= 15 is 0 Å². The molecule has 0 amide bonds. The third-order valence-corrected chi connectivity index (χ3v) is 1.67. The Labute approximate surface area is 50.4 Å². The lowest BCUT2D eigenvalue weighted by Crippen LogP contribution is -3.05. The zero-order valence-corrected chi connectivity index (χ0v) is 5.31. The molecule has 0 aromatic carbocycles. The SMILES string of the molecule is [CH2-][NH+]1CC[C@@H](OC)C1. The Morgan fingerprint density at radius 1 is 1.75 bits per heavy atom. The summed E-state index contributed by atoms with van der Waals surface area (Å²) in [5.41, 5.74) is 0. The standard InChI is InChI=1S/C6H13NO/c1-7-4-3-6(5-7)8-2/h6-7H,1,3-5H2,2H3/t6-/m1/s1. The minimum absolute atomic E-state index is 0.475. The Bertz CT molecular complexity index is 74.9. The number of likely N-dealkylation sites (tertiary alicyclic amines) is 1. The molecule has 48 valence electrons. The highest BCUT2D eigenvalue weighted by atomic mass is 16.5. The Kier molecular flexibility index (Phi) is 1.86. The third kappa shape index (κ3) is 1.20. The molecule has 1 fully saturated rings. The van der Waals surface area contributed by atoms with Crippen LogP contribution in [0.1, 0.15) is 6.42 Å². The molecule has 0 aromatic rings. The van der Waals surface area contributed by atoms with Gasteiger partial charge in [0.1, 0.15) is 6.10 Å². The highest BCUT2D eigenvalue weighted by Crippen LogP contribution is 1.95. The minimum atomic E-state index is 0.475. The molecule has 2 heteroatoms. The molecule has 0 spiro atoms.